The van der Waals surface area contributed by atoms with E-state index >= 15 is 0 Å². The Balaban J connectivity index is 2.86. The van der Waals surface area contributed by atoms with E-state index in [0.29, 0.717) is 25.3 Å². The van der Waals surface area contributed by atoms with E-state index in [0.717, 1.165) is 0 Å². The van der Waals surface area contributed by atoms with Crippen LogP contribution in [0, 0.1) is 0 Å². The maximum Gasteiger partial charge on any atom is 0.330 e. The standard InChI is InChI=1S/C10H18N4O3S/c1-3-14-8(11)7(9(15)13-10(14)16)12-5-4-6-18(2)17/h12H,3-6,11H2,1-2H3,(H,13,15,16). The van der Waals surface area contributed by atoms with E-state index < -0.39 is 22.0 Å². The van der Waals surface area contributed by atoms with Gasteiger partial charge in [0.15, 0.2) is 0 Å². The molecule has 7 nitrogen and oxygen atoms in total. The van der Waals surface area contributed by atoms with E-state index in [-0.39, 0.29) is 11.5 Å². The number of aromatic nitrogens is 2. The third-order valence-corrected chi connectivity index (χ3v) is 3.33. The molecule has 0 radical (unpaired) electrons. The fraction of sp³-hybridized carbons (Fsp3) is 0.600. The average molecular weight is 274 g/mol. The lowest BCUT2D eigenvalue weighted by molar-refractivity contribution is 0.684. The molecular formula is C10H18N4O3S. The van der Waals surface area contributed by atoms with E-state index in [4.69, 9.17) is 5.73 Å². The molecule has 8 heteroatoms. The predicted octanol–water partition coefficient (Wildman–Crippen LogP) is -0.681. The molecule has 0 fully saturated rings. The van der Waals surface area contributed by atoms with E-state index in [9.17, 15) is 13.8 Å². The Kier molecular flexibility index (Phi) is 5.14. The van der Waals surface area contributed by atoms with Gasteiger partial charge in [-0.3, -0.25) is 18.6 Å². The summed E-state index contributed by atoms with van der Waals surface area (Å²) in [5, 5.41) is 2.88. The van der Waals surface area contributed by atoms with Crippen LogP contribution in [0.4, 0.5) is 11.5 Å². The van der Waals surface area contributed by atoms with Crippen molar-refractivity contribution in [2.24, 2.45) is 0 Å². The normalized spacial score (nSPS) is 12.3. The van der Waals surface area contributed by atoms with Crippen molar-refractivity contribution in [3.63, 3.8) is 0 Å². The van der Waals surface area contributed by atoms with E-state index in [1.807, 2.05) is 0 Å². The van der Waals surface area contributed by atoms with Gasteiger partial charge in [0, 0.05) is 35.9 Å². The Labute approximate surface area is 107 Å². The summed E-state index contributed by atoms with van der Waals surface area (Å²) in [7, 11) is -0.856. The number of nitrogens with zero attached hydrogens (tertiary/aromatic N) is 1. The zero-order valence-corrected chi connectivity index (χ0v) is 11.3. The molecule has 0 amide bonds. The number of hydrogen-bond acceptors (Lipinski definition) is 5. The van der Waals surface area contributed by atoms with Gasteiger partial charge in [0.1, 0.15) is 11.5 Å². The van der Waals surface area contributed by atoms with Gasteiger partial charge in [-0.1, -0.05) is 0 Å². The van der Waals surface area contributed by atoms with Gasteiger partial charge < -0.3 is 11.1 Å². The molecule has 1 aromatic heterocycles. The summed E-state index contributed by atoms with van der Waals surface area (Å²) in [6.07, 6.45) is 2.28. The SMILES string of the molecule is CCn1c(N)c(NCCCS(C)=O)c(=O)[nH]c1=O. The fourth-order valence-electron chi connectivity index (χ4n) is 1.56. The van der Waals surface area contributed by atoms with Gasteiger partial charge in [0.2, 0.25) is 0 Å². The highest BCUT2D eigenvalue weighted by Crippen LogP contribution is 2.09. The van der Waals surface area contributed by atoms with Crippen molar-refractivity contribution < 1.29 is 4.21 Å². The molecule has 1 heterocycles. The Morgan fingerprint density at radius 3 is 2.67 bits per heavy atom. The van der Waals surface area contributed by atoms with Crippen LogP contribution in [0.3, 0.4) is 0 Å². The highest BCUT2D eigenvalue weighted by Gasteiger charge is 2.10. The summed E-state index contributed by atoms with van der Waals surface area (Å²) in [5.74, 6) is 0.682. The second kappa shape index (κ2) is 6.39. The lowest BCUT2D eigenvalue weighted by atomic mass is 10.4. The Morgan fingerprint density at radius 2 is 2.11 bits per heavy atom. The number of nitrogens with two attached hydrogens (primary N) is 1. The Morgan fingerprint density at radius 1 is 1.44 bits per heavy atom. The predicted molar refractivity (Wildman–Crippen MR) is 73.4 cm³/mol. The van der Waals surface area contributed by atoms with Crippen LogP contribution in [-0.4, -0.2) is 32.3 Å². The number of nitrogens with one attached hydrogen (secondary N) is 2. The fourth-order valence-corrected chi connectivity index (χ4v) is 2.11. The first-order valence-corrected chi connectivity index (χ1v) is 7.36. The van der Waals surface area contributed by atoms with Gasteiger partial charge in [0.05, 0.1) is 0 Å². The lowest BCUT2D eigenvalue weighted by Gasteiger charge is -2.12. The molecule has 0 aliphatic rings. The molecule has 102 valence electrons. The minimum Gasteiger partial charge on any atom is -0.383 e. The summed E-state index contributed by atoms with van der Waals surface area (Å²) in [5.41, 5.74) is 4.91. The van der Waals surface area contributed by atoms with E-state index in [2.05, 4.69) is 10.3 Å². The van der Waals surface area contributed by atoms with E-state index in [1.165, 1.54) is 4.57 Å². The highest BCUT2D eigenvalue weighted by molar-refractivity contribution is 7.84. The highest BCUT2D eigenvalue weighted by atomic mass is 32.2. The molecule has 0 aromatic carbocycles. The van der Waals surface area contributed by atoms with Gasteiger partial charge in [-0.05, 0) is 13.3 Å². The zero-order chi connectivity index (χ0) is 13.7. The van der Waals surface area contributed by atoms with Gasteiger partial charge >= 0.3 is 5.69 Å². The lowest BCUT2D eigenvalue weighted by Crippen LogP contribution is -2.33. The second-order valence-electron chi connectivity index (χ2n) is 3.82. The first-order valence-electron chi connectivity index (χ1n) is 5.63. The minimum absolute atomic E-state index is 0.129. The van der Waals surface area contributed by atoms with Crippen LogP contribution in [0.25, 0.3) is 0 Å². The van der Waals surface area contributed by atoms with Gasteiger partial charge in [0.25, 0.3) is 5.56 Å². The van der Waals surface area contributed by atoms with Crippen LogP contribution in [0.1, 0.15) is 13.3 Å². The minimum atomic E-state index is -0.856. The molecule has 0 aliphatic heterocycles. The van der Waals surface area contributed by atoms with Crippen molar-refractivity contribution in [1.29, 1.82) is 0 Å². The van der Waals surface area contributed by atoms with Crippen LogP contribution in [0.2, 0.25) is 0 Å². The Hall–Kier alpha value is -1.57. The van der Waals surface area contributed by atoms with Crippen molar-refractivity contribution in [3.8, 4) is 0 Å². The summed E-state index contributed by atoms with van der Waals surface area (Å²) in [6.45, 7) is 2.63. The third kappa shape index (κ3) is 3.46. The molecule has 0 bridgehead atoms. The monoisotopic (exact) mass is 274 g/mol. The molecule has 1 atom stereocenters. The smallest absolute Gasteiger partial charge is 0.330 e. The molecule has 1 aromatic rings. The molecule has 0 saturated carbocycles. The Bertz CT molecular complexity index is 549. The zero-order valence-electron chi connectivity index (χ0n) is 10.5. The van der Waals surface area contributed by atoms with Gasteiger partial charge in [-0.15, -0.1) is 0 Å². The van der Waals surface area contributed by atoms with Crippen LogP contribution in [0.15, 0.2) is 9.59 Å². The van der Waals surface area contributed by atoms with Crippen molar-refractivity contribution in [3.05, 3.63) is 20.8 Å². The van der Waals surface area contributed by atoms with Crippen LogP contribution in [-0.2, 0) is 17.3 Å². The van der Waals surface area contributed by atoms with Crippen LogP contribution in [0.5, 0.6) is 0 Å². The molecule has 18 heavy (non-hydrogen) atoms. The van der Waals surface area contributed by atoms with Crippen molar-refractivity contribution >= 4 is 22.3 Å². The summed E-state index contributed by atoms with van der Waals surface area (Å²) in [4.78, 5) is 25.2. The number of nitrogen functional groups attached to an aromatic ring is 1. The average Bonchev–Trinajstić information content (AvgIpc) is 2.27. The maximum atomic E-state index is 11.6. The number of aromatic amines is 1. The number of rotatable bonds is 6. The molecule has 1 unspecified atom stereocenters. The summed E-state index contributed by atoms with van der Waals surface area (Å²) >= 11 is 0. The third-order valence-electron chi connectivity index (χ3n) is 2.47. The van der Waals surface area contributed by atoms with Gasteiger partial charge in [-0.2, -0.15) is 0 Å². The molecule has 4 N–H and O–H groups in total. The number of anilines is 2. The number of hydrogen-bond donors (Lipinski definition) is 3. The second-order valence-corrected chi connectivity index (χ2v) is 5.38. The van der Waals surface area contributed by atoms with E-state index in [1.54, 1.807) is 13.2 Å². The first-order chi connectivity index (χ1) is 8.47. The molecule has 1 rings (SSSR count). The molecule has 0 aliphatic carbocycles. The van der Waals surface area contributed by atoms with Crippen molar-refractivity contribution in [1.82, 2.24) is 9.55 Å². The molecular weight excluding hydrogens is 256 g/mol. The number of H-pyrrole nitrogens is 1. The first kappa shape index (κ1) is 14.5. The van der Waals surface area contributed by atoms with Crippen molar-refractivity contribution in [2.75, 3.05) is 29.6 Å². The largest absolute Gasteiger partial charge is 0.383 e. The molecule has 0 saturated heterocycles. The molecule has 0 spiro atoms. The van der Waals surface area contributed by atoms with Crippen molar-refractivity contribution in [2.45, 2.75) is 19.9 Å². The van der Waals surface area contributed by atoms with Crippen LogP contribution < -0.4 is 22.3 Å². The summed E-state index contributed by atoms with van der Waals surface area (Å²) < 4.78 is 12.2. The van der Waals surface area contributed by atoms with Gasteiger partial charge in [-0.25, -0.2) is 4.79 Å². The van der Waals surface area contributed by atoms with Crippen LogP contribution >= 0.6 is 0 Å². The maximum absolute atomic E-state index is 11.6. The quantitative estimate of drug-likeness (QED) is 0.595. The summed E-state index contributed by atoms with van der Waals surface area (Å²) in [6, 6.07) is 0. The topological polar surface area (TPSA) is 110 Å².